The molecule has 0 aliphatic carbocycles. The number of H-pyrrole nitrogens is 1. The van der Waals surface area contributed by atoms with E-state index in [0.717, 1.165) is 29.0 Å². The van der Waals surface area contributed by atoms with Crippen molar-refractivity contribution in [2.75, 3.05) is 6.61 Å². The third kappa shape index (κ3) is 2.94. The molecule has 102 valence electrons. The average Bonchev–Trinajstić information content (AvgIpc) is 2.80. The molecule has 0 spiro atoms. The molecule has 0 aliphatic rings. The molecule has 20 heavy (non-hydrogen) atoms. The van der Waals surface area contributed by atoms with E-state index in [4.69, 9.17) is 16.3 Å². The van der Waals surface area contributed by atoms with E-state index in [1.807, 2.05) is 36.4 Å². The number of imidazole rings is 1. The van der Waals surface area contributed by atoms with Gasteiger partial charge in [0.15, 0.2) is 0 Å². The SMILES string of the molecule is Cc1cccc(OCCc2nc3ccc(Cl)cc3[nH]2)c1. The van der Waals surface area contributed by atoms with Crippen LogP contribution in [0.25, 0.3) is 11.0 Å². The van der Waals surface area contributed by atoms with Gasteiger partial charge in [0.05, 0.1) is 17.6 Å². The van der Waals surface area contributed by atoms with E-state index in [1.165, 1.54) is 5.56 Å². The summed E-state index contributed by atoms with van der Waals surface area (Å²) in [6.07, 6.45) is 0.736. The summed E-state index contributed by atoms with van der Waals surface area (Å²) >= 11 is 5.95. The van der Waals surface area contributed by atoms with E-state index < -0.39 is 0 Å². The van der Waals surface area contributed by atoms with E-state index in [1.54, 1.807) is 0 Å². The molecular weight excluding hydrogens is 272 g/mol. The maximum absolute atomic E-state index is 5.95. The van der Waals surface area contributed by atoms with Crippen LogP contribution in [-0.4, -0.2) is 16.6 Å². The Kier molecular flexibility index (Phi) is 3.61. The molecule has 3 aromatic rings. The first kappa shape index (κ1) is 13.0. The lowest BCUT2D eigenvalue weighted by Gasteiger charge is -2.05. The third-order valence-corrected chi connectivity index (χ3v) is 3.33. The highest BCUT2D eigenvalue weighted by Crippen LogP contribution is 2.18. The van der Waals surface area contributed by atoms with Gasteiger partial charge in [-0.05, 0) is 42.8 Å². The highest BCUT2D eigenvalue weighted by Gasteiger charge is 2.03. The zero-order valence-electron chi connectivity index (χ0n) is 11.2. The normalized spacial score (nSPS) is 10.9. The van der Waals surface area contributed by atoms with E-state index in [2.05, 4.69) is 23.0 Å². The Morgan fingerprint density at radius 1 is 1.20 bits per heavy atom. The van der Waals surface area contributed by atoms with Crippen LogP contribution in [0, 0.1) is 6.92 Å². The molecule has 1 N–H and O–H groups in total. The summed E-state index contributed by atoms with van der Waals surface area (Å²) in [6, 6.07) is 13.7. The van der Waals surface area contributed by atoms with Crippen molar-refractivity contribution in [2.45, 2.75) is 13.3 Å². The van der Waals surface area contributed by atoms with Gasteiger partial charge >= 0.3 is 0 Å². The van der Waals surface area contributed by atoms with Crippen molar-refractivity contribution in [3.8, 4) is 5.75 Å². The number of aromatic amines is 1. The van der Waals surface area contributed by atoms with Crippen LogP contribution in [0.5, 0.6) is 5.75 Å². The zero-order chi connectivity index (χ0) is 13.9. The molecule has 0 saturated carbocycles. The Balaban J connectivity index is 1.65. The Labute approximate surface area is 122 Å². The summed E-state index contributed by atoms with van der Waals surface area (Å²) < 4.78 is 5.72. The molecule has 0 bridgehead atoms. The van der Waals surface area contributed by atoms with Crippen molar-refractivity contribution in [1.29, 1.82) is 0 Å². The minimum Gasteiger partial charge on any atom is -0.493 e. The van der Waals surface area contributed by atoms with Gasteiger partial charge in [-0.2, -0.15) is 0 Å². The van der Waals surface area contributed by atoms with Crippen LogP contribution in [0.2, 0.25) is 5.02 Å². The standard InChI is InChI=1S/C16H15ClN2O/c1-11-3-2-4-13(9-11)20-8-7-16-18-14-6-5-12(17)10-15(14)19-16/h2-6,9-10H,7-8H2,1H3,(H,18,19). The van der Waals surface area contributed by atoms with E-state index >= 15 is 0 Å². The summed E-state index contributed by atoms with van der Waals surface area (Å²) in [5.41, 5.74) is 3.09. The predicted molar refractivity (Wildman–Crippen MR) is 81.5 cm³/mol. The quantitative estimate of drug-likeness (QED) is 0.782. The Morgan fingerprint density at radius 3 is 2.95 bits per heavy atom. The monoisotopic (exact) mass is 286 g/mol. The van der Waals surface area contributed by atoms with Crippen molar-refractivity contribution in [3.63, 3.8) is 0 Å². The fourth-order valence-electron chi connectivity index (χ4n) is 2.12. The van der Waals surface area contributed by atoms with Crippen molar-refractivity contribution >= 4 is 22.6 Å². The van der Waals surface area contributed by atoms with Crippen LogP contribution in [0.15, 0.2) is 42.5 Å². The number of aromatic nitrogens is 2. The number of nitrogens with one attached hydrogen (secondary N) is 1. The molecular formula is C16H15ClN2O. The fourth-order valence-corrected chi connectivity index (χ4v) is 2.30. The Morgan fingerprint density at radius 2 is 2.10 bits per heavy atom. The Hall–Kier alpha value is -2.00. The average molecular weight is 287 g/mol. The molecule has 0 amide bonds. The second-order valence-corrected chi connectivity index (χ2v) is 5.20. The number of nitrogens with zero attached hydrogens (tertiary/aromatic N) is 1. The van der Waals surface area contributed by atoms with Crippen molar-refractivity contribution in [1.82, 2.24) is 9.97 Å². The number of benzene rings is 2. The minimum atomic E-state index is 0.594. The van der Waals surface area contributed by atoms with Crippen LogP contribution < -0.4 is 4.74 Å². The number of rotatable bonds is 4. The molecule has 0 saturated heterocycles. The minimum absolute atomic E-state index is 0.594. The molecule has 0 unspecified atom stereocenters. The summed E-state index contributed by atoms with van der Waals surface area (Å²) in [7, 11) is 0. The van der Waals surface area contributed by atoms with Gasteiger partial charge < -0.3 is 9.72 Å². The lowest BCUT2D eigenvalue weighted by atomic mass is 10.2. The van der Waals surface area contributed by atoms with Crippen molar-refractivity contribution in [3.05, 3.63) is 58.9 Å². The van der Waals surface area contributed by atoms with Gasteiger partial charge in [0, 0.05) is 11.4 Å². The topological polar surface area (TPSA) is 37.9 Å². The van der Waals surface area contributed by atoms with E-state index in [0.29, 0.717) is 11.6 Å². The second-order valence-electron chi connectivity index (χ2n) is 4.76. The van der Waals surface area contributed by atoms with Crippen LogP contribution in [0.4, 0.5) is 0 Å². The summed E-state index contributed by atoms with van der Waals surface area (Å²) in [5, 5.41) is 0.712. The highest BCUT2D eigenvalue weighted by molar-refractivity contribution is 6.31. The largest absolute Gasteiger partial charge is 0.493 e. The highest BCUT2D eigenvalue weighted by atomic mass is 35.5. The van der Waals surface area contributed by atoms with Gasteiger partial charge in [-0.15, -0.1) is 0 Å². The van der Waals surface area contributed by atoms with Gasteiger partial charge in [-0.1, -0.05) is 23.7 Å². The van der Waals surface area contributed by atoms with Gasteiger partial charge in [0.1, 0.15) is 11.6 Å². The summed E-state index contributed by atoms with van der Waals surface area (Å²) in [6.45, 7) is 2.65. The Bertz CT molecular complexity index is 736. The summed E-state index contributed by atoms with van der Waals surface area (Å²) in [5.74, 6) is 1.80. The number of hydrogen-bond acceptors (Lipinski definition) is 2. The third-order valence-electron chi connectivity index (χ3n) is 3.09. The van der Waals surface area contributed by atoms with Crippen LogP contribution in [0.3, 0.4) is 0 Å². The fraction of sp³-hybridized carbons (Fsp3) is 0.188. The number of fused-ring (bicyclic) bond motifs is 1. The molecule has 1 aromatic heterocycles. The molecule has 3 nitrogen and oxygen atoms in total. The number of ether oxygens (including phenoxy) is 1. The van der Waals surface area contributed by atoms with E-state index in [-0.39, 0.29) is 0 Å². The van der Waals surface area contributed by atoms with Crippen LogP contribution in [0.1, 0.15) is 11.4 Å². The smallest absolute Gasteiger partial charge is 0.119 e. The lowest BCUT2D eigenvalue weighted by Crippen LogP contribution is -2.02. The first-order valence-electron chi connectivity index (χ1n) is 6.54. The molecule has 0 fully saturated rings. The molecule has 4 heteroatoms. The van der Waals surface area contributed by atoms with Crippen molar-refractivity contribution < 1.29 is 4.74 Å². The predicted octanol–water partition coefficient (Wildman–Crippen LogP) is 4.15. The van der Waals surface area contributed by atoms with Crippen LogP contribution >= 0.6 is 11.6 Å². The summed E-state index contributed by atoms with van der Waals surface area (Å²) in [4.78, 5) is 7.77. The van der Waals surface area contributed by atoms with Gasteiger partial charge in [-0.3, -0.25) is 0 Å². The molecule has 0 radical (unpaired) electrons. The zero-order valence-corrected chi connectivity index (χ0v) is 11.9. The maximum Gasteiger partial charge on any atom is 0.119 e. The lowest BCUT2D eigenvalue weighted by molar-refractivity contribution is 0.319. The van der Waals surface area contributed by atoms with Gasteiger partial charge in [0.25, 0.3) is 0 Å². The number of halogens is 1. The first-order valence-corrected chi connectivity index (χ1v) is 6.92. The second kappa shape index (κ2) is 5.55. The first-order chi connectivity index (χ1) is 9.70. The molecule has 0 aliphatic heterocycles. The number of hydrogen-bond donors (Lipinski definition) is 1. The number of aryl methyl sites for hydroxylation is 1. The van der Waals surface area contributed by atoms with Gasteiger partial charge in [0.2, 0.25) is 0 Å². The molecule has 2 aromatic carbocycles. The van der Waals surface area contributed by atoms with Gasteiger partial charge in [-0.25, -0.2) is 4.98 Å². The maximum atomic E-state index is 5.95. The van der Waals surface area contributed by atoms with Crippen molar-refractivity contribution in [2.24, 2.45) is 0 Å². The molecule has 3 rings (SSSR count). The molecule has 0 atom stereocenters. The van der Waals surface area contributed by atoms with Crippen LogP contribution in [-0.2, 0) is 6.42 Å². The van der Waals surface area contributed by atoms with E-state index in [9.17, 15) is 0 Å². The molecule has 1 heterocycles.